The Labute approximate surface area is 133 Å². The van der Waals surface area contributed by atoms with Gasteiger partial charge >= 0.3 is 6.03 Å². The second kappa shape index (κ2) is 6.36. The molecule has 0 bridgehead atoms. The summed E-state index contributed by atoms with van der Waals surface area (Å²) in [5, 5.41) is 15.5. The molecule has 0 spiro atoms. The normalized spacial score (nSPS) is 13.9. The van der Waals surface area contributed by atoms with E-state index in [2.05, 4.69) is 10.3 Å². The zero-order valence-corrected chi connectivity index (χ0v) is 13.3. The van der Waals surface area contributed by atoms with Crippen molar-refractivity contribution in [1.82, 2.24) is 15.2 Å². The molecule has 3 rings (SSSR count). The van der Waals surface area contributed by atoms with Crippen molar-refractivity contribution in [2.75, 3.05) is 0 Å². The molecule has 2 N–H and O–H groups in total. The van der Waals surface area contributed by atoms with Crippen LogP contribution in [0.5, 0.6) is 5.75 Å². The molecule has 1 aromatic heterocycles. The summed E-state index contributed by atoms with van der Waals surface area (Å²) < 4.78 is 0. The minimum atomic E-state index is -0.0727. The topological polar surface area (TPSA) is 65.5 Å². The fraction of sp³-hybridized carbons (Fsp3) is 0.375. The molecule has 2 aromatic rings. The number of benzene rings is 1. The van der Waals surface area contributed by atoms with Gasteiger partial charge in [0.2, 0.25) is 0 Å². The molecule has 2 amide bonds. The number of aryl methyl sites for hydroxylation is 1. The van der Waals surface area contributed by atoms with Gasteiger partial charge in [0.25, 0.3) is 0 Å². The van der Waals surface area contributed by atoms with Crippen molar-refractivity contribution < 1.29 is 9.90 Å². The molecule has 0 unspecified atom stereocenters. The number of carbonyl (C=O) groups excluding carboxylic acids is 1. The summed E-state index contributed by atoms with van der Waals surface area (Å²) in [6, 6.07) is 7.29. The Morgan fingerprint density at radius 3 is 2.95 bits per heavy atom. The van der Waals surface area contributed by atoms with Crippen molar-refractivity contribution in [2.24, 2.45) is 0 Å². The number of aromatic nitrogens is 1. The molecule has 0 radical (unpaired) electrons. The van der Waals surface area contributed by atoms with Crippen molar-refractivity contribution in [3.8, 4) is 5.75 Å². The highest BCUT2D eigenvalue weighted by molar-refractivity contribution is 7.09. The number of nitrogens with zero attached hydrogens (tertiary/aromatic N) is 2. The third kappa shape index (κ3) is 3.76. The van der Waals surface area contributed by atoms with Crippen molar-refractivity contribution >= 4 is 17.4 Å². The van der Waals surface area contributed by atoms with Gasteiger partial charge in [0, 0.05) is 18.0 Å². The van der Waals surface area contributed by atoms with Gasteiger partial charge in [-0.25, -0.2) is 9.78 Å². The molecule has 1 aliphatic carbocycles. The first-order valence-electron chi connectivity index (χ1n) is 7.35. The van der Waals surface area contributed by atoms with Crippen LogP contribution in [-0.4, -0.2) is 27.1 Å². The van der Waals surface area contributed by atoms with Crippen LogP contribution >= 0.6 is 11.3 Å². The molecule has 6 heteroatoms. The first kappa shape index (κ1) is 14.8. The van der Waals surface area contributed by atoms with Crippen LogP contribution in [0.2, 0.25) is 0 Å². The van der Waals surface area contributed by atoms with Gasteiger partial charge in [-0.15, -0.1) is 11.3 Å². The lowest BCUT2D eigenvalue weighted by Crippen LogP contribution is -2.40. The van der Waals surface area contributed by atoms with E-state index in [1.54, 1.807) is 29.5 Å². The molecule has 1 heterocycles. The number of aromatic hydroxyl groups is 1. The van der Waals surface area contributed by atoms with E-state index in [0.29, 0.717) is 19.1 Å². The zero-order chi connectivity index (χ0) is 15.5. The third-order valence-corrected chi connectivity index (χ3v) is 4.42. The maximum Gasteiger partial charge on any atom is 0.318 e. The lowest BCUT2D eigenvalue weighted by atomic mass is 10.2. The summed E-state index contributed by atoms with van der Waals surface area (Å²) in [4.78, 5) is 18.6. The van der Waals surface area contributed by atoms with Crippen LogP contribution in [0.4, 0.5) is 4.79 Å². The predicted molar refractivity (Wildman–Crippen MR) is 85.8 cm³/mol. The SMILES string of the molecule is Cc1nc(CNC(=O)N(Cc2cccc(O)c2)C2CC2)cs1. The molecule has 0 saturated heterocycles. The minimum Gasteiger partial charge on any atom is -0.508 e. The van der Waals surface area contributed by atoms with Crippen LogP contribution in [0.1, 0.15) is 29.1 Å². The molecule has 1 saturated carbocycles. The fourth-order valence-corrected chi connectivity index (χ4v) is 2.97. The van der Waals surface area contributed by atoms with Crippen molar-refractivity contribution in [3.05, 3.63) is 45.9 Å². The number of nitrogens with one attached hydrogen (secondary N) is 1. The summed E-state index contributed by atoms with van der Waals surface area (Å²) in [5.41, 5.74) is 1.83. The Morgan fingerprint density at radius 2 is 2.32 bits per heavy atom. The van der Waals surface area contributed by atoms with E-state index in [0.717, 1.165) is 29.1 Å². The number of urea groups is 1. The molecule has 1 aromatic carbocycles. The van der Waals surface area contributed by atoms with Crippen LogP contribution in [-0.2, 0) is 13.1 Å². The Bertz CT molecular complexity index is 667. The lowest BCUT2D eigenvalue weighted by molar-refractivity contribution is 0.191. The fourth-order valence-electron chi connectivity index (χ4n) is 2.36. The van der Waals surface area contributed by atoms with Crippen LogP contribution in [0, 0.1) is 6.92 Å². The van der Waals surface area contributed by atoms with Crippen molar-refractivity contribution in [2.45, 2.75) is 38.9 Å². The zero-order valence-electron chi connectivity index (χ0n) is 12.5. The summed E-state index contributed by atoms with van der Waals surface area (Å²) >= 11 is 1.58. The van der Waals surface area contributed by atoms with Gasteiger partial charge < -0.3 is 15.3 Å². The lowest BCUT2D eigenvalue weighted by Gasteiger charge is -2.23. The summed E-state index contributed by atoms with van der Waals surface area (Å²) in [6.07, 6.45) is 2.09. The average Bonchev–Trinajstić information content (AvgIpc) is 3.24. The number of amides is 2. The van der Waals surface area contributed by atoms with E-state index in [4.69, 9.17) is 0 Å². The highest BCUT2D eigenvalue weighted by Crippen LogP contribution is 2.29. The number of phenols is 1. The quantitative estimate of drug-likeness (QED) is 0.891. The van der Waals surface area contributed by atoms with Gasteiger partial charge in [-0.05, 0) is 37.5 Å². The third-order valence-electron chi connectivity index (χ3n) is 3.60. The molecule has 1 aliphatic rings. The largest absolute Gasteiger partial charge is 0.508 e. The van der Waals surface area contributed by atoms with Crippen molar-refractivity contribution in [1.29, 1.82) is 0 Å². The van der Waals surface area contributed by atoms with Crippen LogP contribution in [0.15, 0.2) is 29.6 Å². The van der Waals surface area contributed by atoms with Crippen LogP contribution in [0.25, 0.3) is 0 Å². The summed E-state index contributed by atoms with van der Waals surface area (Å²) in [5.74, 6) is 0.228. The van der Waals surface area contributed by atoms with Crippen molar-refractivity contribution in [3.63, 3.8) is 0 Å². The van der Waals surface area contributed by atoms with Gasteiger partial charge in [0.1, 0.15) is 5.75 Å². The number of carbonyl (C=O) groups is 1. The van der Waals surface area contributed by atoms with Gasteiger partial charge in [0.15, 0.2) is 0 Å². The summed E-state index contributed by atoms with van der Waals surface area (Å²) in [7, 11) is 0. The van der Waals surface area contributed by atoms with Crippen LogP contribution in [0.3, 0.4) is 0 Å². The molecule has 0 atom stereocenters. The number of thiazole rings is 1. The number of phenolic OH excluding ortho intramolecular Hbond substituents is 1. The first-order chi connectivity index (χ1) is 10.6. The Balaban J connectivity index is 1.62. The molecular weight excluding hydrogens is 298 g/mol. The monoisotopic (exact) mass is 317 g/mol. The Hall–Kier alpha value is -2.08. The standard InChI is InChI=1S/C16H19N3O2S/c1-11-18-13(10-22-11)8-17-16(21)19(14-5-6-14)9-12-3-2-4-15(20)7-12/h2-4,7,10,14,20H,5-6,8-9H2,1H3,(H,17,21). The average molecular weight is 317 g/mol. The van der Waals surface area contributed by atoms with E-state index in [-0.39, 0.29) is 11.8 Å². The molecule has 22 heavy (non-hydrogen) atoms. The van der Waals surface area contributed by atoms with Gasteiger partial charge in [-0.1, -0.05) is 12.1 Å². The second-order valence-corrected chi connectivity index (χ2v) is 6.61. The Morgan fingerprint density at radius 1 is 1.50 bits per heavy atom. The highest BCUT2D eigenvalue weighted by Gasteiger charge is 2.32. The maximum atomic E-state index is 12.4. The molecule has 116 valence electrons. The van der Waals surface area contributed by atoms with E-state index < -0.39 is 0 Å². The molecule has 5 nitrogen and oxygen atoms in total. The Kier molecular flexibility index (Phi) is 4.29. The van der Waals surface area contributed by atoms with Crippen LogP contribution < -0.4 is 5.32 Å². The minimum absolute atomic E-state index is 0.0727. The van der Waals surface area contributed by atoms with E-state index in [1.165, 1.54) is 0 Å². The van der Waals surface area contributed by atoms with Gasteiger partial charge in [0.05, 0.1) is 17.2 Å². The maximum absolute atomic E-state index is 12.4. The van der Waals surface area contributed by atoms with E-state index >= 15 is 0 Å². The van der Waals surface area contributed by atoms with Gasteiger partial charge in [-0.3, -0.25) is 0 Å². The summed E-state index contributed by atoms with van der Waals surface area (Å²) in [6.45, 7) is 2.92. The molecular formula is C16H19N3O2S. The molecule has 0 aliphatic heterocycles. The second-order valence-electron chi connectivity index (χ2n) is 5.55. The predicted octanol–water partition coefficient (Wildman–Crippen LogP) is 3.03. The van der Waals surface area contributed by atoms with E-state index in [1.807, 2.05) is 23.3 Å². The molecule has 1 fully saturated rings. The van der Waals surface area contributed by atoms with Gasteiger partial charge in [-0.2, -0.15) is 0 Å². The number of hydrogen-bond acceptors (Lipinski definition) is 4. The first-order valence-corrected chi connectivity index (χ1v) is 8.23. The number of hydrogen-bond donors (Lipinski definition) is 2. The van der Waals surface area contributed by atoms with E-state index in [9.17, 15) is 9.90 Å². The highest BCUT2D eigenvalue weighted by atomic mass is 32.1. The number of rotatable bonds is 5. The smallest absolute Gasteiger partial charge is 0.318 e.